The van der Waals surface area contributed by atoms with Gasteiger partial charge in [-0.2, -0.15) is 5.10 Å². The maximum atomic E-state index is 12.0. The molecule has 106 valence electrons. The summed E-state index contributed by atoms with van der Waals surface area (Å²) in [6.45, 7) is 0.469. The quantitative estimate of drug-likeness (QED) is 0.770. The van der Waals surface area contributed by atoms with Crippen molar-refractivity contribution in [1.29, 1.82) is 0 Å². The van der Waals surface area contributed by atoms with E-state index in [2.05, 4.69) is 15.5 Å². The Bertz CT molecular complexity index is 735. The number of rotatable bonds is 4. The van der Waals surface area contributed by atoms with Gasteiger partial charge in [-0.3, -0.25) is 9.89 Å². The predicted molar refractivity (Wildman–Crippen MR) is 84.5 cm³/mol. The molecule has 21 heavy (non-hydrogen) atoms. The molecule has 0 bridgehead atoms. The van der Waals surface area contributed by atoms with Crippen molar-refractivity contribution in [1.82, 2.24) is 15.5 Å². The van der Waals surface area contributed by atoms with Crippen LogP contribution in [-0.2, 0) is 6.54 Å². The Balaban J connectivity index is 1.64. The SMILES string of the molecule is O=C(NCc1ccc(-c2ccn[nH]2)cc1)c1sccc1Cl. The first kappa shape index (κ1) is 13.9. The number of carbonyl (C=O) groups is 1. The van der Waals surface area contributed by atoms with Gasteiger partial charge in [0.2, 0.25) is 0 Å². The third-order valence-electron chi connectivity index (χ3n) is 3.04. The Morgan fingerprint density at radius 1 is 1.24 bits per heavy atom. The number of carbonyl (C=O) groups excluding carboxylic acids is 1. The van der Waals surface area contributed by atoms with E-state index in [0.717, 1.165) is 16.8 Å². The molecular formula is C15H12ClN3OS. The molecule has 1 aromatic carbocycles. The maximum absolute atomic E-state index is 12.0. The lowest BCUT2D eigenvalue weighted by Crippen LogP contribution is -2.22. The first-order valence-electron chi connectivity index (χ1n) is 6.34. The number of aromatic amines is 1. The topological polar surface area (TPSA) is 57.8 Å². The highest BCUT2D eigenvalue weighted by atomic mass is 35.5. The van der Waals surface area contributed by atoms with Crippen LogP contribution in [0.4, 0.5) is 0 Å². The Morgan fingerprint density at radius 3 is 2.67 bits per heavy atom. The fraction of sp³-hybridized carbons (Fsp3) is 0.0667. The molecule has 0 saturated heterocycles. The van der Waals surface area contributed by atoms with Gasteiger partial charge >= 0.3 is 0 Å². The summed E-state index contributed by atoms with van der Waals surface area (Å²) in [5.41, 5.74) is 3.05. The number of H-pyrrole nitrogens is 1. The highest BCUT2D eigenvalue weighted by Gasteiger charge is 2.11. The van der Waals surface area contributed by atoms with Crippen molar-refractivity contribution < 1.29 is 4.79 Å². The van der Waals surface area contributed by atoms with Gasteiger partial charge in [0.15, 0.2) is 0 Å². The minimum Gasteiger partial charge on any atom is -0.347 e. The van der Waals surface area contributed by atoms with Gasteiger partial charge in [0.1, 0.15) is 4.88 Å². The highest BCUT2D eigenvalue weighted by Crippen LogP contribution is 2.22. The van der Waals surface area contributed by atoms with Gasteiger partial charge in [-0.05, 0) is 28.6 Å². The number of hydrogen-bond acceptors (Lipinski definition) is 3. The number of thiophene rings is 1. The lowest BCUT2D eigenvalue weighted by atomic mass is 10.1. The van der Waals surface area contributed by atoms with Crippen molar-refractivity contribution in [2.24, 2.45) is 0 Å². The first-order valence-corrected chi connectivity index (χ1v) is 7.59. The third-order valence-corrected chi connectivity index (χ3v) is 4.38. The molecule has 0 unspecified atom stereocenters. The lowest BCUT2D eigenvalue weighted by Gasteiger charge is -2.05. The second kappa shape index (κ2) is 6.11. The van der Waals surface area contributed by atoms with Crippen molar-refractivity contribution in [3.63, 3.8) is 0 Å². The Hall–Kier alpha value is -2.11. The number of aromatic nitrogens is 2. The normalized spacial score (nSPS) is 10.5. The van der Waals surface area contributed by atoms with Crippen molar-refractivity contribution in [2.75, 3.05) is 0 Å². The molecule has 2 N–H and O–H groups in total. The number of hydrogen-bond donors (Lipinski definition) is 2. The number of amides is 1. The third kappa shape index (κ3) is 3.15. The van der Waals surface area contributed by atoms with Gasteiger partial charge in [-0.15, -0.1) is 11.3 Å². The fourth-order valence-electron chi connectivity index (χ4n) is 1.94. The Labute approximate surface area is 130 Å². The summed E-state index contributed by atoms with van der Waals surface area (Å²) >= 11 is 7.27. The highest BCUT2D eigenvalue weighted by molar-refractivity contribution is 7.12. The van der Waals surface area contributed by atoms with Gasteiger partial charge in [-0.1, -0.05) is 35.9 Å². The van der Waals surface area contributed by atoms with Crippen molar-refractivity contribution in [2.45, 2.75) is 6.54 Å². The van der Waals surface area contributed by atoms with E-state index in [1.54, 1.807) is 17.6 Å². The van der Waals surface area contributed by atoms with Crippen LogP contribution in [0.1, 0.15) is 15.2 Å². The van der Waals surface area contributed by atoms with E-state index in [-0.39, 0.29) is 5.91 Å². The summed E-state index contributed by atoms with van der Waals surface area (Å²) in [6.07, 6.45) is 1.72. The van der Waals surface area contributed by atoms with E-state index < -0.39 is 0 Å². The maximum Gasteiger partial charge on any atom is 0.263 e. The molecule has 0 fully saturated rings. The molecule has 0 aliphatic rings. The zero-order valence-corrected chi connectivity index (χ0v) is 12.5. The molecule has 0 aliphatic carbocycles. The monoisotopic (exact) mass is 317 g/mol. The zero-order chi connectivity index (χ0) is 14.7. The summed E-state index contributed by atoms with van der Waals surface area (Å²) in [5, 5.41) is 12.0. The zero-order valence-electron chi connectivity index (χ0n) is 11.0. The van der Waals surface area contributed by atoms with Crippen molar-refractivity contribution >= 4 is 28.8 Å². The van der Waals surface area contributed by atoms with Crippen LogP contribution in [0, 0.1) is 0 Å². The molecule has 2 aromatic heterocycles. The second-order valence-corrected chi connectivity index (χ2v) is 5.77. The lowest BCUT2D eigenvalue weighted by molar-refractivity contribution is 0.0955. The molecule has 0 atom stereocenters. The molecule has 0 radical (unpaired) electrons. The molecule has 0 spiro atoms. The molecule has 0 saturated carbocycles. The number of benzene rings is 1. The largest absolute Gasteiger partial charge is 0.347 e. The van der Waals surface area contributed by atoms with Crippen LogP contribution in [0.25, 0.3) is 11.3 Å². The van der Waals surface area contributed by atoms with E-state index in [1.807, 2.05) is 30.3 Å². The molecule has 1 amide bonds. The summed E-state index contributed by atoms with van der Waals surface area (Å²) in [6, 6.07) is 11.6. The average molecular weight is 318 g/mol. The van der Waals surface area contributed by atoms with E-state index in [4.69, 9.17) is 11.6 Å². The molecule has 0 aliphatic heterocycles. The molecule has 6 heteroatoms. The summed E-state index contributed by atoms with van der Waals surface area (Å²) in [4.78, 5) is 12.5. The minimum absolute atomic E-state index is 0.146. The van der Waals surface area contributed by atoms with Crippen LogP contribution in [-0.4, -0.2) is 16.1 Å². The molecule has 3 rings (SSSR count). The summed E-state index contributed by atoms with van der Waals surface area (Å²) in [5.74, 6) is -0.146. The van der Waals surface area contributed by atoms with Gasteiger partial charge in [0.05, 0.1) is 10.7 Å². The van der Waals surface area contributed by atoms with Crippen molar-refractivity contribution in [3.05, 3.63) is 63.4 Å². The van der Waals surface area contributed by atoms with Crippen LogP contribution >= 0.6 is 22.9 Å². The van der Waals surface area contributed by atoms with Crippen LogP contribution in [0.15, 0.2) is 48.0 Å². The molecular weight excluding hydrogens is 306 g/mol. The number of nitrogens with one attached hydrogen (secondary N) is 2. The summed E-state index contributed by atoms with van der Waals surface area (Å²) in [7, 11) is 0. The molecule has 3 aromatic rings. The van der Waals surface area contributed by atoms with Crippen LogP contribution in [0.5, 0.6) is 0 Å². The van der Waals surface area contributed by atoms with E-state index in [0.29, 0.717) is 16.4 Å². The number of nitrogens with zero attached hydrogens (tertiary/aromatic N) is 1. The van der Waals surface area contributed by atoms with Gasteiger partial charge in [0, 0.05) is 12.7 Å². The second-order valence-electron chi connectivity index (χ2n) is 4.45. The van der Waals surface area contributed by atoms with E-state index in [9.17, 15) is 4.79 Å². The first-order chi connectivity index (χ1) is 10.2. The van der Waals surface area contributed by atoms with Crippen LogP contribution in [0.2, 0.25) is 5.02 Å². The van der Waals surface area contributed by atoms with Crippen LogP contribution < -0.4 is 5.32 Å². The Morgan fingerprint density at radius 2 is 2.05 bits per heavy atom. The van der Waals surface area contributed by atoms with Gasteiger partial charge < -0.3 is 5.32 Å². The van der Waals surface area contributed by atoms with E-state index in [1.165, 1.54) is 11.3 Å². The number of halogens is 1. The minimum atomic E-state index is -0.146. The predicted octanol–water partition coefficient (Wildman–Crippen LogP) is 3.72. The molecule has 2 heterocycles. The molecule has 4 nitrogen and oxygen atoms in total. The standard InChI is InChI=1S/C15H12ClN3OS/c16-12-6-8-21-14(12)15(20)17-9-10-1-3-11(4-2-10)13-5-7-18-19-13/h1-8H,9H2,(H,17,20)(H,18,19). The van der Waals surface area contributed by atoms with Crippen LogP contribution in [0.3, 0.4) is 0 Å². The Kier molecular flexibility index (Phi) is 4.03. The van der Waals surface area contributed by atoms with Gasteiger partial charge in [-0.25, -0.2) is 0 Å². The van der Waals surface area contributed by atoms with Crippen molar-refractivity contribution in [3.8, 4) is 11.3 Å². The smallest absolute Gasteiger partial charge is 0.263 e. The van der Waals surface area contributed by atoms with Gasteiger partial charge in [0.25, 0.3) is 5.91 Å². The summed E-state index contributed by atoms with van der Waals surface area (Å²) < 4.78 is 0. The fourth-order valence-corrected chi connectivity index (χ4v) is 2.99. The van der Waals surface area contributed by atoms with E-state index >= 15 is 0 Å². The average Bonchev–Trinajstić information content (AvgIpc) is 3.16.